The number of carbonyl (C=O) groups is 2. The second-order valence-corrected chi connectivity index (χ2v) is 8.39. The number of rotatable bonds is 3. The zero-order chi connectivity index (χ0) is 18.2. The Hall–Kier alpha value is -2.16. The van der Waals surface area contributed by atoms with Crippen LogP contribution >= 0.6 is 0 Å². The van der Waals surface area contributed by atoms with E-state index in [1.54, 1.807) is 22.8 Å². The van der Waals surface area contributed by atoms with E-state index < -0.39 is 21.9 Å². The van der Waals surface area contributed by atoms with Crippen molar-refractivity contribution in [3.8, 4) is 5.88 Å². The maximum absolute atomic E-state index is 12.9. The molecule has 2 atom stereocenters. The van der Waals surface area contributed by atoms with Crippen molar-refractivity contribution in [1.82, 2.24) is 14.8 Å². The molecule has 3 rings (SSSR count). The predicted molar refractivity (Wildman–Crippen MR) is 90.1 cm³/mol. The van der Waals surface area contributed by atoms with E-state index in [1.165, 1.54) is 19.4 Å². The van der Waals surface area contributed by atoms with Gasteiger partial charge < -0.3 is 14.5 Å². The van der Waals surface area contributed by atoms with Gasteiger partial charge in [0.05, 0.1) is 30.7 Å². The van der Waals surface area contributed by atoms with Crippen LogP contribution in [0.5, 0.6) is 5.88 Å². The fourth-order valence-electron chi connectivity index (χ4n) is 3.54. The van der Waals surface area contributed by atoms with Crippen molar-refractivity contribution in [2.24, 2.45) is 0 Å². The Kier molecular flexibility index (Phi) is 4.68. The lowest BCUT2D eigenvalue weighted by Crippen LogP contribution is -2.61. The van der Waals surface area contributed by atoms with Gasteiger partial charge in [-0.25, -0.2) is 13.4 Å². The molecule has 0 aliphatic carbocycles. The SMILES string of the molecule is CCC(=O)N1CCN(C(=O)c2ccnc(OC)c2)[C@H]2CS(=O)(=O)C[C@H]21. The van der Waals surface area contributed by atoms with Gasteiger partial charge in [-0.05, 0) is 6.07 Å². The third-order valence-electron chi connectivity index (χ3n) is 4.75. The Labute approximate surface area is 146 Å². The van der Waals surface area contributed by atoms with Crippen LogP contribution in [0.15, 0.2) is 18.3 Å². The molecule has 0 N–H and O–H groups in total. The van der Waals surface area contributed by atoms with Crippen LogP contribution in [0, 0.1) is 0 Å². The monoisotopic (exact) mass is 367 g/mol. The van der Waals surface area contributed by atoms with Crippen molar-refractivity contribution in [2.75, 3.05) is 31.7 Å². The van der Waals surface area contributed by atoms with Gasteiger partial charge >= 0.3 is 0 Å². The first-order valence-electron chi connectivity index (χ1n) is 8.17. The van der Waals surface area contributed by atoms with E-state index in [-0.39, 0.29) is 23.3 Å². The summed E-state index contributed by atoms with van der Waals surface area (Å²) in [5.74, 6) is -0.228. The highest BCUT2D eigenvalue weighted by atomic mass is 32.2. The van der Waals surface area contributed by atoms with E-state index in [4.69, 9.17) is 4.74 Å². The summed E-state index contributed by atoms with van der Waals surface area (Å²) in [5, 5.41) is 0. The number of hydrogen-bond acceptors (Lipinski definition) is 6. The van der Waals surface area contributed by atoms with Crippen LogP contribution in [0.2, 0.25) is 0 Å². The molecular weight excluding hydrogens is 346 g/mol. The van der Waals surface area contributed by atoms with Crippen LogP contribution in [0.25, 0.3) is 0 Å². The topological polar surface area (TPSA) is 96.9 Å². The molecule has 8 nitrogen and oxygen atoms in total. The molecule has 9 heteroatoms. The Morgan fingerprint density at radius 1 is 1.24 bits per heavy atom. The number of nitrogens with zero attached hydrogens (tertiary/aromatic N) is 3. The van der Waals surface area contributed by atoms with Gasteiger partial charge in [0, 0.05) is 37.3 Å². The highest BCUT2D eigenvalue weighted by Gasteiger charge is 2.49. The number of piperazine rings is 1. The Bertz CT molecular complexity index is 795. The number of methoxy groups -OCH3 is 1. The van der Waals surface area contributed by atoms with Gasteiger partial charge in [-0.1, -0.05) is 6.92 Å². The quantitative estimate of drug-likeness (QED) is 0.743. The summed E-state index contributed by atoms with van der Waals surface area (Å²) in [6.45, 7) is 2.41. The van der Waals surface area contributed by atoms with Gasteiger partial charge in [-0.2, -0.15) is 0 Å². The maximum Gasteiger partial charge on any atom is 0.254 e. The van der Waals surface area contributed by atoms with Crippen molar-refractivity contribution < 1.29 is 22.7 Å². The number of pyridine rings is 1. The molecule has 0 aromatic carbocycles. The fourth-order valence-corrected chi connectivity index (χ4v) is 5.52. The number of sulfone groups is 1. The lowest BCUT2D eigenvalue weighted by molar-refractivity contribution is -0.135. The average molecular weight is 367 g/mol. The minimum atomic E-state index is -3.29. The molecule has 2 aliphatic rings. The van der Waals surface area contributed by atoms with Crippen LogP contribution in [-0.2, 0) is 14.6 Å². The molecule has 0 radical (unpaired) electrons. The normalized spacial score (nSPS) is 24.7. The molecule has 0 saturated carbocycles. The Balaban J connectivity index is 1.90. The van der Waals surface area contributed by atoms with Crippen LogP contribution in [-0.4, -0.2) is 78.8 Å². The number of fused-ring (bicyclic) bond motifs is 1. The molecule has 1 aromatic rings. The number of carbonyl (C=O) groups excluding carboxylic acids is 2. The maximum atomic E-state index is 12.9. The molecule has 2 saturated heterocycles. The van der Waals surface area contributed by atoms with Gasteiger partial charge in [-0.15, -0.1) is 0 Å². The van der Waals surface area contributed by atoms with Gasteiger partial charge in [0.2, 0.25) is 11.8 Å². The van der Waals surface area contributed by atoms with Crippen molar-refractivity contribution in [3.63, 3.8) is 0 Å². The first-order chi connectivity index (χ1) is 11.9. The zero-order valence-electron chi connectivity index (χ0n) is 14.2. The summed E-state index contributed by atoms with van der Waals surface area (Å²) in [7, 11) is -1.83. The molecule has 2 fully saturated rings. The van der Waals surface area contributed by atoms with Crippen LogP contribution in [0.3, 0.4) is 0 Å². The van der Waals surface area contributed by atoms with Crippen molar-refractivity contribution in [2.45, 2.75) is 25.4 Å². The summed E-state index contributed by atoms with van der Waals surface area (Å²) >= 11 is 0. The molecule has 1 aromatic heterocycles. The number of hydrogen-bond donors (Lipinski definition) is 0. The second-order valence-electron chi connectivity index (χ2n) is 6.24. The smallest absolute Gasteiger partial charge is 0.254 e. The molecule has 0 bridgehead atoms. The van der Waals surface area contributed by atoms with Crippen LogP contribution in [0.1, 0.15) is 23.7 Å². The van der Waals surface area contributed by atoms with E-state index in [0.29, 0.717) is 31.0 Å². The third-order valence-corrected chi connectivity index (χ3v) is 6.45. The van der Waals surface area contributed by atoms with Crippen molar-refractivity contribution in [3.05, 3.63) is 23.9 Å². The van der Waals surface area contributed by atoms with Gasteiger partial charge in [0.25, 0.3) is 5.91 Å². The zero-order valence-corrected chi connectivity index (χ0v) is 15.0. The number of ether oxygens (including phenoxy) is 1. The second kappa shape index (κ2) is 6.62. The largest absolute Gasteiger partial charge is 0.481 e. The molecule has 0 unspecified atom stereocenters. The predicted octanol–water partition coefficient (Wildman–Crippen LogP) is -0.0498. The van der Waals surface area contributed by atoms with Gasteiger partial charge in [0.1, 0.15) is 0 Å². The Morgan fingerprint density at radius 3 is 2.52 bits per heavy atom. The average Bonchev–Trinajstić information content (AvgIpc) is 2.94. The van der Waals surface area contributed by atoms with Crippen LogP contribution < -0.4 is 4.74 Å². The van der Waals surface area contributed by atoms with E-state index in [0.717, 1.165) is 0 Å². The minimum absolute atomic E-state index is 0.0789. The fraction of sp³-hybridized carbons (Fsp3) is 0.562. The summed E-state index contributed by atoms with van der Waals surface area (Å²) < 4.78 is 29.3. The first kappa shape index (κ1) is 17.7. The summed E-state index contributed by atoms with van der Waals surface area (Å²) in [4.78, 5) is 32.2. The van der Waals surface area contributed by atoms with E-state index in [2.05, 4.69) is 4.98 Å². The minimum Gasteiger partial charge on any atom is -0.481 e. The summed E-state index contributed by atoms with van der Waals surface area (Å²) in [5.41, 5.74) is 0.394. The third kappa shape index (κ3) is 3.33. The number of aromatic nitrogens is 1. The molecule has 2 aliphatic heterocycles. The first-order valence-corrected chi connectivity index (χ1v) is 9.99. The van der Waals surface area contributed by atoms with Gasteiger partial charge in [-0.3, -0.25) is 9.59 Å². The lowest BCUT2D eigenvalue weighted by Gasteiger charge is -2.43. The van der Waals surface area contributed by atoms with E-state index in [9.17, 15) is 18.0 Å². The molecule has 2 amide bonds. The summed E-state index contributed by atoms with van der Waals surface area (Å²) in [6, 6.07) is 2.12. The van der Waals surface area contributed by atoms with Gasteiger partial charge in [0.15, 0.2) is 9.84 Å². The summed E-state index contributed by atoms with van der Waals surface area (Å²) in [6.07, 6.45) is 1.80. The van der Waals surface area contributed by atoms with Crippen molar-refractivity contribution in [1.29, 1.82) is 0 Å². The van der Waals surface area contributed by atoms with E-state index >= 15 is 0 Å². The standard InChI is InChI=1S/C16H21N3O5S/c1-3-15(20)18-6-7-19(13-10-25(22,23)9-12(13)18)16(21)11-4-5-17-14(8-11)24-2/h4-5,8,12-13H,3,6-7,9-10H2,1-2H3/t12-,13+/m1/s1. The lowest BCUT2D eigenvalue weighted by atomic mass is 10.0. The highest BCUT2D eigenvalue weighted by molar-refractivity contribution is 7.91. The van der Waals surface area contributed by atoms with E-state index in [1.807, 2.05) is 0 Å². The highest BCUT2D eigenvalue weighted by Crippen LogP contribution is 2.29. The molecule has 3 heterocycles. The molecule has 25 heavy (non-hydrogen) atoms. The van der Waals surface area contributed by atoms with Crippen LogP contribution in [0.4, 0.5) is 0 Å². The van der Waals surface area contributed by atoms with Crippen molar-refractivity contribution >= 4 is 21.7 Å². The number of amides is 2. The molecule has 0 spiro atoms. The molecular formula is C16H21N3O5S. The Morgan fingerprint density at radius 2 is 1.88 bits per heavy atom. The molecule has 136 valence electrons.